The Morgan fingerprint density at radius 3 is 3.09 bits per heavy atom. The Bertz CT molecular complexity index is 837. The van der Waals surface area contributed by atoms with Crippen molar-refractivity contribution in [3.8, 4) is 0 Å². The van der Waals surface area contributed by atoms with Crippen molar-refractivity contribution in [3.63, 3.8) is 0 Å². The average molecular weight is 312 g/mol. The number of likely N-dealkylation sites (tertiary alicyclic amines) is 1. The van der Waals surface area contributed by atoms with Crippen LogP contribution in [0.25, 0.3) is 10.1 Å². The fraction of sp³-hybridized carbons (Fsp3) is 0.312. The predicted octanol–water partition coefficient (Wildman–Crippen LogP) is 3.01. The quantitative estimate of drug-likeness (QED) is 0.731. The zero-order valence-corrected chi connectivity index (χ0v) is 13.1. The van der Waals surface area contributed by atoms with E-state index < -0.39 is 0 Å². The second-order valence-electron chi connectivity index (χ2n) is 5.63. The lowest BCUT2D eigenvalue weighted by molar-refractivity contribution is 0.0728. The van der Waals surface area contributed by atoms with Crippen molar-refractivity contribution >= 4 is 27.3 Å². The van der Waals surface area contributed by atoms with Gasteiger partial charge < -0.3 is 9.47 Å². The van der Waals surface area contributed by atoms with E-state index in [9.17, 15) is 4.79 Å². The molecule has 2 aromatic heterocycles. The Kier molecular flexibility index (Phi) is 3.18. The van der Waals surface area contributed by atoms with E-state index in [0.717, 1.165) is 36.2 Å². The predicted molar refractivity (Wildman–Crippen MR) is 85.8 cm³/mol. The van der Waals surface area contributed by atoms with Gasteiger partial charge in [0.15, 0.2) is 5.82 Å². The minimum absolute atomic E-state index is 0.0261. The molecule has 1 aromatic carbocycles. The molecule has 1 amide bonds. The molecular formula is C16H16N4OS. The number of carbonyl (C=O) groups is 1. The molecule has 5 nitrogen and oxygen atoms in total. The molecule has 1 fully saturated rings. The smallest absolute Gasteiger partial charge is 0.254 e. The number of aryl methyl sites for hydroxylation is 1. The average Bonchev–Trinajstić information content (AvgIpc) is 3.25. The van der Waals surface area contributed by atoms with Crippen molar-refractivity contribution in [2.45, 2.75) is 18.9 Å². The van der Waals surface area contributed by atoms with Gasteiger partial charge in [0.25, 0.3) is 5.91 Å². The van der Waals surface area contributed by atoms with E-state index in [1.165, 1.54) is 4.70 Å². The number of fused-ring (bicyclic) bond motifs is 1. The van der Waals surface area contributed by atoms with Crippen molar-refractivity contribution in [1.29, 1.82) is 0 Å². The highest BCUT2D eigenvalue weighted by molar-refractivity contribution is 7.17. The van der Waals surface area contributed by atoms with Crippen molar-refractivity contribution < 1.29 is 4.79 Å². The summed E-state index contributed by atoms with van der Waals surface area (Å²) in [5.74, 6) is 0.945. The van der Waals surface area contributed by atoms with Crippen LogP contribution in [0.5, 0.6) is 0 Å². The minimum atomic E-state index is 0.0261. The van der Waals surface area contributed by atoms with E-state index in [1.807, 2.05) is 34.7 Å². The molecule has 6 heteroatoms. The van der Waals surface area contributed by atoms with Crippen molar-refractivity contribution in [3.05, 3.63) is 47.4 Å². The summed E-state index contributed by atoms with van der Waals surface area (Å²) in [6.45, 7) is 0.776. The fourth-order valence-electron chi connectivity index (χ4n) is 3.14. The molecule has 1 aliphatic rings. The zero-order valence-electron chi connectivity index (χ0n) is 12.3. The van der Waals surface area contributed by atoms with Crippen LogP contribution >= 0.6 is 11.3 Å². The molecule has 1 saturated heterocycles. The van der Waals surface area contributed by atoms with Crippen molar-refractivity contribution in [2.75, 3.05) is 6.54 Å². The monoisotopic (exact) mass is 312 g/mol. The SMILES string of the molecule is Cn1cnnc1C1CCCN1C(=O)c1ccc2sccc2c1. The first-order valence-electron chi connectivity index (χ1n) is 7.36. The molecule has 0 N–H and O–H groups in total. The van der Waals surface area contributed by atoms with Gasteiger partial charge >= 0.3 is 0 Å². The van der Waals surface area contributed by atoms with Gasteiger partial charge in [-0.3, -0.25) is 4.79 Å². The standard InChI is InChI=1S/C16H16N4OS/c1-19-10-17-18-15(19)13-3-2-7-20(13)16(21)12-4-5-14-11(9-12)6-8-22-14/h4-6,8-10,13H,2-3,7H2,1H3. The fourth-order valence-corrected chi connectivity index (χ4v) is 3.91. The van der Waals surface area contributed by atoms with Crippen LogP contribution in [0.3, 0.4) is 0 Å². The number of hydrogen-bond acceptors (Lipinski definition) is 4. The third kappa shape index (κ3) is 2.11. The third-order valence-electron chi connectivity index (χ3n) is 4.26. The topological polar surface area (TPSA) is 51.0 Å². The molecule has 0 saturated carbocycles. The van der Waals surface area contributed by atoms with Gasteiger partial charge in [-0.1, -0.05) is 0 Å². The summed E-state index contributed by atoms with van der Waals surface area (Å²) in [7, 11) is 1.92. The van der Waals surface area contributed by atoms with Crippen LogP contribution in [0.4, 0.5) is 0 Å². The van der Waals surface area contributed by atoms with Crippen LogP contribution in [0.2, 0.25) is 0 Å². The number of aromatic nitrogens is 3. The van der Waals surface area contributed by atoms with Crippen LogP contribution < -0.4 is 0 Å². The first kappa shape index (κ1) is 13.5. The Balaban J connectivity index is 1.67. The van der Waals surface area contributed by atoms with Gasteiger partial charge in [-0.15, -0.1) is 21.5 Å². The Hall–Kier alpha value is -2.21. The second-order valence-corrected chi connectivity index (χ2v) is 6.58. The highest BCUT2D eigenvalue weighted by atomic mass is 32.1. The van der Waals surface area contributed by atoms with Gasteiger partial charge in [0, 0.05) is 23.9 Å². The van der Waals surface area contributed by atoms with Crippen LogP contribution in [-0.4, -0.2) is 32.1 Å². The van der Waals surface area contributed by atoms with Crippen LogP contribution in [0, 0.1) is 0 Å². The van der Waals surface area contributed by atoms with Gasteiger partial charge in [-0.05, 0) is 47.9 Å². The first-order valence-corrected chi connectivity index (χ1v) is 8.24. The molecule has 3 aromatic rings. The molecular weight excluding hydrogens is 296 g/mol. The molecule has 0 radical (unpaired) electrons. The molecule has 112 valence electrons. The molecule has 3 heterocycles. The number of carbonyl (C=O) groups excluding carboxylic acids is 1. The van der Waals surface area contributed by atoms with Gasteiger partial charge in [-0.2, -0.15) is 0 Å². The number of nitrogens with zero attached hydrogens (tertiary/aromatic N) is 4. The Labute approximate surface area is 132 Å². The largest absolute Gasteiger partial charge is 0.328 e. The summed E-state index contributed by atoms with van der Waals surface area (Å²) in [6.07, 6.45) is 3.64. The maximum absolute atomic E-state index is 12.9. The number of rotatable bonds is 2. The number of amides is 1. The summed E-state index contributed by atoms with van der Waals surface area (Å²) in [5, 5.41) is 11.3. The number of hydrogen-bond donors (Lipinski definition) is 0. The lowest BCUT2D eigenvalue weighted by Crippen LogP contribution is -2.31. The first-order chi connectivity index (χ1) is 10.7. The van der Waals surface area contributed by atoms with E-state index in [0.29, 0.717) is 0 Å². The lowest BCUT2D eigenvalue weighted by Gasteiger charge is -2.24. The second kappa shape index (κ2) is 5.21. The van der Waals surface area contributed by atoms with Crippen LogP contribution in [0.15, 0.2) is 36.0 Å². The van der Waals surface area contributed by atoms with Crippen LogP contribution in [0.1, 0.15) is 35.1 Å². The molecule has 1 aliphatic heterocycles. The van der Waals surface area contributed by atoms with E-state index in [-0.39, 0.29) is 11.9 Å². The Morgan fingerprint density at radius 2 is 2.27 bits per heavy atom. The molecule has 4 rings (SSSR count). The minimum Gasteiger partial charge on any atom is -0.328 e. The molecule has 1 unspecified atom stereocenters. The summed E-state index contributed by atoms with van der Waals surface area (Å²) >= 11 is 1.69. The summed E-state index contributed by atoms with van der Waals surface area (Å²) in [6, 6.07) is 8.02. The van der Waals surface area contributed by atoms with Gasteiger partial charge in [0.1, 0.15) is 6.33 Å². The molecule has 22 heavy (non-hydrogen) atoms. The summed E-state index contributed by atoms with van der Waals surface area (Å²) in [5.41, 5.74) is 0.750. The molecule has 0 aliphatic carbocycles. The lowest BCUT2D eigenvalue weighted by atomic mass is 10.1. The zero-order chi connectivity index (χ0) is 15.1. The number of thiophene rings is 1. The van der Waals surface area contributed by atoms with E-state index >= 15 is 0 Å². The molecule has 0 spiro atoms. The van der Waals surface area contributed by atoms with Gasteiger partial charge in [-0.25, -0.2) is 0 Å². The third-order valence-corrected chi connectivity index (χ3v) is 5.16. The highest BCUT2D eigenvalue weighted by Crippen LogP contribution is 2.32. The number of benzene rings is 1. The molecule has 0 bridgehead atoms. The van der Waals surface area contributed by atoms with E-state index in [1.54, 1.807) is 17.7 Å². The van der Waals surface area contributed by atoms with Crippen LogP contribution in [-0.2, 0) is 7.05 Å². The maximum Gasteiger partial charge on any atom is 0.254 e. The van der Waals surface area contributed by atoms with E-state index in [2.05, 4.69) is 21.6 Å². The summed E-state index contributed by atoms with van der Waals surface area (Å²) < 4.78 is 3.11. The summed E-state index contributed by atoms with van der Waals surface area (Å²) in [4.78, 5) is 14.8. The van der Waals surface area contributed by atoms with E-state index in [4.69, 9.17) is 0 Å². The van der Waals surface area contributed by atoms with Gasteiger partial charge in [0.05, 0.1) is 6.04 Å². The molecule has 1 atom stereocenters. The highest BCUT2D eigenvalue weighted by Gasteiger charge is 2.33. The Morgan fingerprint density at radius 1 is 1.36 bits per heavy atom. The van der Waals surface area contributed by atoms with Crippen molar-refractivity contribution in [2.24, 2.45) is 7.05 Å². The van der Waals surface area contributed by atoms with Crippen molar-refractivity contribution in [1.82, 2.24) is 19.7 Å². The maximum atomic E-state index is 12.9. The normalized spacial score (nSPS) is 18.2. The van der Waals surface area contributed by atoms with Gasteiger partial charge in [0.2, 0.25) is 0 Å².